The van der Waals surface area contributed by atoms with Crippen molar-refractivity contribution in [3.05, 3.63) is 35.9 Å². The predicted octanol–water partition coefficient (Wildman–Crippen LogP) is 1.69. The fraction of sp³-hybridized carbons (Fsp3) is 0.333. The second-order valence-corrected chi connectivity index (χ2v) is 5.06. The molecule has 1 unspecified atom stereocenters. The molecule has 5 nitrogen and oxygen atoms in total. The molecule has 1 heterocycles. The second kappa shape index (κ2) is 7.24. The minimum Gasteiger partial charge on any atom is -0.363 e. The number of benzene rings is 1. The Balaban J connectivity index is 0.00000220. The average Bonchev–Trinajstić information content (AvgIpc) is 2.43. The first-order valence-electron chi connectivity index (χ1n) is 6.58. The molecule has 0 aliphatic heterocycles. The molecule has 1 amide bonds. The molecule has 6 heteroatoms. The van der Waals surface area contributed by atoms with Crippen molar-refractivity contribution in [1.82, 2.24) is 10.3 Å². The van der Waals surface area contributed by atoms with Gasteiger partial charge >= 0.3 is 0 Å². The lowest BCUT2D eigenvalue weighted by Gasteiger charge is -2.16. The van der Waals surface area contributed by atoms with Gasteiger partial charge in [-0.15, -0.1) is 12.4 Å². The molecule has 0 saturated heterocycles. The van der Waals surface area contributed by atoms with Crippen molar-refractivity contribution in [3.63, 3.8) is 0 Å². The van der Waals surface area contributed by atoms with Crippen LogP contribution in [0.3, 0.4) is 0 Å². The third kappa shape index (κ3) is 4.06. The quantitative estimate of drug-likeness (QED) is 0.901. The van der Waals surface area contributed by atoms with Gasteiger partial charge in [0.1, 0.15) is 5.82 Å². The Morgan fingerprint density at radius 3 is 2.67 bits per heavy atom. The number of anilines is 1. The number of pyridine rings is 1. The molecule has 21 heavy (non-hydrogen) atoms. The summed E-state index contributed by atoms with van der Waals surface area (Å²) < 4.78 is 0. The molecular formula is C15H21ClN4O. The molecule has 0 saturated carbocycles. The SMILES string of the molecule is CC(N)C(=O)NCc1cc(N(C)C)nc2ccccc12.Cl. The molecule has 1 aromatic carbocycles. The number of carbonyl (C=O) groups is 1. The molecule has 0 radical (unpaired) electrons. The Kier molecular flexibility index (Phi) is 5.93. The van der Waals surface area contributed by atoms with Crippen molar-refractivity contribution in [1.29, 1.82) is 0 Å². The van der Waals surface area contributed by atoms with Gasteiger partial charge in [-0.25, -0.2) is 4.98 Å². The highest BCUT2D eigenvalue weighted by Gasteiger charge is 2.10. The van der Waals surface area contributed by atoms with Crippen molar-refractivity contribution in [2.24, 2.45) is 5.73 Å². The number of aromatic nitrogens is 1. The van der Waals surface area contributed by atoms with E-state index in [-0.39, 0.29) is 18.3 Å². The zero-order valence-electron chi connectivity index (χ0n) is 12.5. The second-order valence-electron chi connectivity index (χ2n) is 5.06. The summed E-state index contributed by atoms with van der Waals surface area (Å²) >= 11 is 0. The first kappa shape index (κ1) is 17.2. The highest BCUT2D eigenvalue weighted by atomic mass is 35.5. The van der Waals surface area contributed by atoms with Gasteiger partial charge in [-0.05, 0) is 24.6 Å². The number of fused-ring (bicyclic) bond motifs is 1. The van der Waals surface area contributed by atoms with Crippen molar-refractivity contribution in [2.45, 2.75) is 19.5 Å². The Labute approximate surface area is 130 Å². The number of hydrogen-bond acceptors (Lipinski definition) is 4. The number of para-hydroxylation sites is 1. The molecule has 3 N–H and O–H groups in total. The average molecular weight is 309 g/mol. The van der Waals surface area contributed by atoms with E-state index in [1.807, 2.05) is 49.3 Å². The van der Waals surface area contributed by atoms with Crippen LogP contribution in [0.15, 0.2) is 30.3 Å². The number of nitrogens with two attached hydrogens (primary N) is 1. The maximum Gasteiger partial charge on any atom is 0.236 e. The van der Waals surface area contributed by atoms with Gasteiger partial charge in [-0.2, -0.15) is 0 Å². The highest BCUT2D eigenvalue weighted by Crippen LogP contribution is 2.21. The Morgan fingerprint density at radius 2 is 2.05 bits per heavy atom. The summed E-state index contributed by atoms with van der Waals surface area (Å²) in [6.45, 7) is 2.12. The first-order valence-corrected chi connectivity index (χ1v) is 6.58. The van der Waals surface area contributed by atoms with Gasteiger partial charge in [0.25, 0.3) is 0 Å². The molecule has 1 atom stereocenters. The summed E-state index contributed by atoms with van der Waals surface area (Å²) in [4.78, 5) is 18.1. The number of halogens is 1. The maximum atomic E-state index is 11.6. The molecule has 1 aromatic heterocycles. The molecule has 0 aliphatic rings. The monoisotopic (exact) mass is 308 g/mol. The normalized spacial score (nSPS) is 11.6. The molecule has 0 spiro atoms. The van der Waals surface area contributed by atoms with Crippen LogP contribution in [0.1, 0.15) is 12.5 Å². The zero-order chi connectivity index (χ0) is 14.7. The number of nitrogens with one attached hydrogen (secondary N) is 1. The van der Waals surface area contributed by atoms with Gasteiger partial charge in [0.2, 0.25) is 5.91 Å². The van der Waals surface area contributed by atoms with Gasteiger partial charge in [-0.1, -0.05) is 18.2 Å². The van der Waals surface area contributed by atoms with Crippen LogP contribution < -0.4 is 16.0 Å². The van der Waals surface area contributed by atoms with E-state index < -0.39 is 6.04 Å². The van der Waals surface area contributed by atoms with Crippen LogP contribution in [0, 0.1) is 0 Å². The fourth-order valence-electron chi connectivity index (χ4n) is 1.95. The lowest BCUT2D eigenvalue weighted by molar-refractivity contribution is -0.122. The van der Waals surface area contributed by atoms with E-state index in [2.05, 4.69) is 10.3 Å². The molecule has 0 aliphatic carbocycles. The maximum absolute atomic E-state index is 11.6. The van der Waals surface area contributed by atoms with Crippen molar-refractivity contribution in [2.75, 3.05) is 19.0 Å². The molecule has 0 fully saturated rings. The summed E-state index contributed by atoms with van der Waals surface area (Å²) in [5.74, 6) is 0.714. The number of nitrogens with zero attached hydrogens (tertiary/aromatic N) is 2. The standard InChI is InChI=1S/C15H20N4O.ClH/c1-10(16)15(20)17-9-11-8-14(19(2)3)18-13-7-5-4-6-12(11)13;/h4-8,10H,9,16H2,1-3H3,(H,17,20);1H. The van der Waals surface area contributed by atoms with Gasteiger partial charge in [0.05, 0.1) is 11.6 Å². The van der Waals surface area contributed by atoms with Crippen molar-refractivity contribution < 1.29 is 4.79 Å². The fourth-order valence-corrected chi connectivity index (χ4v) is 1.95. The Bertz CT molecular complexity index is 628. The third-order valence-electron chi connectivity index (χ3n) is 3.11. The lowest BCUT2D eigenvalue weighted by Crippen LogP contribution is -2.37. The summed E-state index contributed by atoms with van der Waals surface area (Å²) in [7, 11) is 3.89. The van der Waals surface area contributed by atoms with E-state index >= 15 is 0 Å². The first-order chi connectivity index (χ1) is 9.49. The van der Waals surface area contributed by atoms with E-state index in [1.165, 1.54) is 0 Å². The van der Waals surface area contributed by atoms with Crippen LogP contribution in [0.4, 0.5) is 5.82 Å². The molecular weight excluding hydrogens is 288 g/mol. The molecule has 2 rings (SSSR count). The van der Waals surface area contributed by atoms with Crippen LogP contribution >= 0.6 is 12.4 Å². The largest absolute Gasteiger partial charge is 0.363 e. The van der Waals surface area contributed by atoms with E-state index in [1.54, 1.807) is 6.92 Å². The third-order valence-corrected chi connectivity index (χ3v) is 3.11. The number of carbonyl (C=O) groups excluding carboxylic acids is 1. The summed E-state index contributed by atoms with van der Waals surface area (Å²) in [5, 5.41) is 3.89. The van der Waals surface area contributed by atoms with Crippen LogP contribution in [0.25, 0.3) is 10.9 Å². The number of rotatable bonds is 4. The topological polar surface area (TPSA) is 71.2 Å². The zero-order valence-corrected chi connectivity index (χ0v) is 13.3. The molecule has 2 aromatic rings. The smallest absolute Gasteiger partial charge is 0.236 e. The minimum atomic E-state index is -0.503. The predicted molar refractivity (Wildman–Crippen MR) is 88.8 cm³/mol. The molecule has 0 bridgehead atoms. The van der Waals surface area contributed by atoms with E-state index in [0.29, 0.717) is 6.54 Å². The van der Waals surface area contributed by atoms with Gasteiger partial charge in [0, 0.05) is 26.0 Å². The number of hydrogen-bond donors (Lipinski definition) is 2. The van der Waals surface area contributed by atoms with Crippen molar-refractivity contribution in [3.8, 4) is 0 Å². The lowest BCUT2D eigenvalue weighted by atomic mass is 10.1. The highest BCUT2D eigenvalue weighted by molar-refractivity contribution is 5.86. The van der Waals surface area contributed by atoms with E-state index in [4.69, 9.17) is 5.73 Å². The van der Waals surface area contributed by atoms with Gasteiger partial charge in [-0.3, -0.25) is 4.79 Å². The van der Waals surface area contributed by atoms with Crippen LogP contribution in [-0.4, -0.2) is 31.0 Å². The summed E-state index contributed by atoms with van der Waals surface area (Å²) in [6, 6.07) is 9.39. The Hall–Kier alpha value is -1.85. The van der Waals surface area contributed by atoms with Gasteiger partial charge < -0.3 is 16.0 Å². The summed E-state index contributed by atoms with van der Waals surface area (Å²) in [6.07, 6.45) is 0. The van der Waals surface area contributed by atoms with Gasteiger partial charge in [0.15, 0.2) is 0 Å². The molecule has 114 valence electrons. The Morgan fingerprint density at radius 1 is 1.38 bits per heavy atom. The van der Waals surface area contributed by atoms with Crippen LogP contribution in [-0.2, 0) is 11.3 Å². The van der Waals surface area contributed by atoms with E-state index in [0.717, 1.165) is 22.3 Å². The number of amides is 1. The van der Waals surface area contributed by atoms with Crippen LogP contribution in [0.5, 0.6) is 0 Å². The summed E-state index contributed by atoms with van der Waals surface area (Å²) in [5.41, 5.74) is 7.51. The minimum absolute atomic E-state index is 0. The van der Waals surface area contributed by atoms with Crippen molar-refractivity contribution >= 4 is 35.0 Å². The van der Waals surface area contributed by atoms with Crippen LogP contribution in [0.2, 0.25) is 0 Å². The van der Waals surface area contributed by atoms with E-state index in [9.17, 15) is 4.79 Å².